The van der Waals surface area contributed by atoms with Gasteiger partial charge in [-0.05, 0) is 26.0 Å². The van der Waals surface area contributed by atoms with Crippen LogP contribution in [0.2, 0.25) is 0 Å². The van der Waals surface area contributed by atoms with Gasteiger partial charge in [0.2, 0.25) is 0 Å². The Kier molecular flexibility index (Phi) is 2.55. The number of furan rings is 1. The first-order valence-corrected chi connectivity index (χ1v) is 4.93. The van der Waals surface area contributed by atoms with Gasteiger partial charge in [0.1, 0.15) is 17.1 Å². The number of aryl methyl sites for hydroxylation is 2. The zero-order valence-corrected chi connectivity index (χ0v) is 9.29. The van der Waals surface area contributed by atoms with Crippen LogP contribution < -0.4 is 10.6 Å². The van der Waals surface area contributed by atoms with Crippen molar-refractivity contribution in [1.29, 1.82) is 0 Å². The Balaban J connectivity index is 2.39. The molecule has 1 fully saturated rings. The van der Waals surface area contributed by atoms with Crippen molar-refractivity contribution in [2.75, 3.05) is 0 Å². The normalized spacial score (nSPS) is 15.6. The van der Waals surface area contributed by atoms with E-state index in [0.717, 1.165) is 0 Å². The lowest BCUT2D eigenvalue weighted by atomic mass is 10.1. The summed E-state index contributed by atoms with van der Waals surface area (Å²) in [5.41, 5.74) is 0.519. The van der Waals surface area contributed by atoms with Crippen molar-refractivity contribution in [3.8, 4) is 0 Å². The first-order valence-electron chi connectivity index (χ1n) is 4.93. The van der Waals surface area contributed by atoms with Gasteiger partial charge >= 0.3 is 6.03 Å². The molecule has 4 amide bonds. The smallest absolute Gasteiger partial charge is 0.328 e. The summed E-state index contributed by atoms with van der Waals surface area (Å²) in [5.74, 6) is -0.136. The molecule has 2 rings (SSSR count). The minimum atomic E-state index is -0.808. The van der Waals surface area contributed by atoms with Crippen LogP contribution in [0, 0.1) is 13.8 Å². The SMILES string of the molecule is Cc1cc(C=C2C(=O)NC(=O)NC2=O)c(C)o1. The van der Waals surface area contributed by atoms with Gasteiger partial charge < -0.3 is 4.42 Å². The molecule has 0 atom stereocenters. The average molecular weight is 234 g/mol. The van der Waals surface area contributed by atoms with Crippen molar-refractivity contribution in [3.05, 3.63) is 28.7 Å². The third-order valence-corrected chi connectivity index (χ3v) is 2.32. The van der Waals surface area contributed by atoms with E-state index in [4.69, 9.17) is 4.42 Å². The fourth-order valence-corrected chi connectivity index (χ4v) is 1.56. The Labute approximate surface area is 96.7 Å². The molecule has 6 heteroatoms. The molecule has 2 N–H and O–H groups in total. The molecule has 1 aliphatic heterocycles. The Morgan fingerprint density at radius 2 is 1.71 bits per heavy atom. The van der Waals surface area contributed by atoms with Gasteiger partial charge in [-0.1, -0.05) is 0 Å². The van der Waals surface area contributed by atoms with Gasteiger partial charge in [-0.2, -0.15) is 0 Å². The highest BCUT2D eigenvalue weighted by Crippen LogP contribution is 2.17. The van der Waals surface area contributed by atoms with Crippen molar-refractivity contribution in [2.45, 2.75) is 13.8 Å². The van der Waals surface area contributed by atoms with Crippen LogP contribution >= 0.6 is 0 Å². The van der Waals surface area contributed by atoms with E-state index in [-0.39, 0.29) is 5.57 Å². The van der Waals surface area contributed by atoms with E-state index >= 15 is 0 Å². The molecule has 0 saturated carbocycles. The molecule has 1 aromatic heterocycles. The first kappa shape index (κ1) is 11.1. The van der Waals surface area contributed by atoms with E-state index in [1.165, 1.54) is 6.08 Å². The summed E-state index contributed by atoms with van der Waals surface area (Å²) in [4.78, 5) is 33.7. The monoisotopic (exact) mass is 234 g/mol. The van der Waals surface area contributed by atoms with E-state index in [2.05, 4.69) is 0 Å². The fraction of sp³-hybridized carbons (Fsp3) is 0.182. The highest BCUT2D eigenvalue weighted by molar-refractivity contribution is 6.31. The zero-order chi connectivity index (χ0) is 12.6. The van der Waals surface area contributed by atoms with Gasteiger partial charge in [0.15, 0.2) is 0 Å². The summed E-state index contributed by atoms with van der Waals surface area (Å²) in [7, 11) is 0. The van der Waals surface area contributed by atoms with Crippen molar-refractivity contribution in [1.82, 2.24) is 10.6 Å². The largest absolute Gasteiger partial charge is 0.466 e. The summed E-state index contributed by atoms with van der Waals surface area (Å²) in [6.45, 7) is 3.49. The number of carbonyl (C=O) groups is 3. The van der Waals surface area contributed by atoms with E-state index in [0.29, 0.717) is 17.1 Å². The second-order valence-electron chi connectivity index (χ2n) is 3.66. The quantitative estimate of drug-likeness (QED) is 0.551. The van der Waals surface area contributed by atoms with Crippen LogP contribution in [0.3, 0.4) is 0 Å². The third kappa shape index (κ3) is 2.10. The third-order valence-electron chi connectivity index (χ3n) is 2.32. The maximum absolute atomic E-state index is 11.4. The topological polar surface area (TPSA) is 88.4 Å². The lowest BCUT2D eigenvalue weighted by Gasteiger charge is -2.13. The number of hydrogen-bond acceptors (Lipinski definition) is 4. The molecule has 0 unspecified atom stereocenters. The average Bonchev–Trinajstić information content (AvgIpc) is 2.51. The lowest BCUT2D eigenvalue weighted by Crippen LogP contribution is -2.51. The van der Waals surface area contributed by atoms with Gasteiger partial charge in [-0.15, -0.1) is 0 Å². The van der Waals surface area contributed by atoms with Crippen LogP contribution in [0.15, 0.2) is 16.1 Å². The number of carbonyl (C=O) groups excluding carboxylic acids is 3. The predicted octanol–water partition coefficient (Wildman–Crippen LogP) is 0.646. The summed E-state index contributed by atoms with van der Waals surface area (Å²) >= 11 is 0. The minimum Gasteiger partial charge on any atom is -0.466 e. The van der Waals surface area contributed by atoms with Crippen molar-refractivity contribution in [3.63, 3.8) is 0 Å². The van der Waals surface area contributed by atoms with E-state index in [9.17, 15) is 14.4 Å². The fourth-order valence-electron chi connectivity index (χ4n) is 1.56. The molecule has 0 aliphatic carbocycles. The van der Waals surface area contributed by atoms with Crippen LogP contribution in [-0.2, 0) is 9.59 Å². The molecule has 0 spiro atoms. The molecule has 88 valence electrons. The van der Waals surface area contributed by atoms with Crippen LogP contribution in [0.25, 0.3) is 6.08 Å². The standard InChI is InChI=1S/C11H10N2O4/c1-5-3-7(6(2)17-5)4-8-9(14)12-11(16)13-10(8)15/h3-4H,1-2H3,(H2,12,13,14,15,16). The van der Waals surface area contributed by atoms with Gasteiger partial charge in [-0.3, -0.25) is 20.2 Å². The van der Waals surface area contributed by atoms with E-state index < -0.39 is 17.8 Å². The minimum absolute atomic E-state index is 0.117. The van der Waals surface area contributed by atoms with Gasteiger partial charge in [0.05, 0.1) is 0 Å². The van der Waals surface area contributed by atoms with Gasteiger partial charge in [0, 0.05) is 5.56 Å². The first-order chi connectivity index (χ1) is 7.97. The summed E-state index contributed by atoms with van der Waals surface area (Å²) in [6.07, 6.45) is 1.39. The molecule has 6 nitrogen and oxygen atoms in total. The lowest BCUT2D eigenvalue weighted by molar-refractivity contribution is -0.123. The van der Waals surface area contributed by atoms with Crippen LogP contribution in [0.4, 0.5) is 4.79 Å². The highest BCUT2D eigenvalue weighted by atomic mass is 16.3. The molecule has 0 aromatic carbocycles. The molecular weight excluding hydrogens is 224 g/mol. The van der Waals surface area contributed by atoms with E-state index in [1.807, 2.05) is 10.6 Å². The van der Waals surface area contributed by atoms with Crippen molar-refractivity contribution >= 4 is 23.9 Å². The van der Waals surface area contributed by atoms with Crippen LogP contribution in [0.5, 0.6) is 0 Å². The molecule has 1 saturated heterocycles. The number of hydrogen-bond donors (Lipinski definition) is 2. The number of barbiturate groups is 1. The summed E-state index contributed by atoms with van der Waals surface area (Å²) in [6, 6.07) is 0.900. The Hall–Kier alpha value is -2.37. The Morgan fingerprint density at radius 3 is 2.18 bits per heavy atom. The van der Waals surface area contributed by atoms with Crippen LogP contribution in [-0.4, -0.2) is 17.8 Å². The summed E-state index contributed by atoms with van der Waals surface area (Å²) < 4.78 is 5.27. The second-order valence-corrected chi connectivity index (χ2v) is 3.66. The van der Waals surface area contributed by atoms with Crippen LogP contribution in [0.1, 0.15) is 17.1 Å². The number of imide groups is 2. The Morgan fingerprint density at radius 1 is 1.12 bits per heavy atom. The molecule has 0 radical (unpaired) electrons. The zero-order valence-electron chi connectivity index (χ0n) is 9.29. The molecule has 1 aromatic rings. The van der Waals surface area contributed by atoms with E-state index in [1.54, 1.807) is 19.9 Å². The van der Waals surface area contributed by atoms with Gasteiger partial charge in [-0.25, -0.2) is 4.79 Å². The molecular formula is C11H10N2O4. The number of rotatable bonds is 1. The van der Waals surface area contributed by atoms with Gasteiger partial charge in [0.25, 0.3) is 11.8 Å². The van der Waals surface area contributed by atoms with Crippen molar-refractivity contribution < 1.29 is 18.8 Å². The number of urea groups is 1. The molecule has 17 heavy (non-hydrogen) atoms. The number of nitrogens with one attached hydrogen (secondary N) is 2. The maximum Gasteiger partial charge on any atom is 0.328 e. The molecule has 0 bridgehead atoms. The predicted molar refractivity (Wildman–Crippen MR) is 57.8 cm³/mol. The molecule has 1 aliphatic rings. The second kappa shape index (κ2) is 3.89. The highest BCUT2D eigenvalue weighted by Gasteiger charge is 2.27. The molecule has 2 heterocycles. The van der Waals surface area contributed by atoms with Crippen molar-refractivity contribution in [2.24, 2.45) is 0 Å². The maximum atomic E-state index is 11.4. The Bertz CT molecular complexity index is 532. The number of amides is 4. The summed E-state index contributed by atoms with van der Waals surface area (Å²) in [5, 5.41) is 4.00.